The molecule has 1 aromatic carbocycles. The number of rotatable bonds is 5. The number of imidazole rings is 1. The summed E-state index contributed by atoms with van der Waals surface area (Å²) in [6.07, 6.45) is 4.92. The lowest BCUT2D eigenvalue weighted by Gasteiger charge is -2.10. The maximum absolute atomic E-state index is 12.9. The van der Waals surface area contributed by atoms with Crippen LogP contribution in [0.2, 0.25) is 5.02 Å². The summed E-state index contributed by atoms with van der Waals surface area (Å²) in [5.74, 6) is 0.309. The summed E-state index contributed by atoms with van der Waals surface area (Å²) >= 11 is 6.33. The number of pyridine rings is 1. The molecule has 0 bridgehead atoms. The van der Waals surface area contributed by atoms with Crippen LogP contribution in [0.25, 0.3) is 11.2 Å². The molecular formula is C20H18ClN7O2. The van der Waals surface area contributed by atoms with Crippen LogP contribution in [0, 0.1) is 0 Å². The normalized spacial score (nSPS) is 11.4. The molecule has 1 N–H and O–H groups in total. The summed E-state index contributed by atoms with van der Waals surface area (Å²) < 4.78 is 4.05. The molecule has 9 nitrogen and oxygen atoms in total. The topological polar surface area (TPSA) is 99.1 Å². The second kappa shape index (κ2) is 7.96. The lowest BCUT2D eigenvalue weighted by molar-refractivity contribution is 0.702. The van der Waals surface area contributed by atoms with Crippen molar-refractivity contribution in [2.24, 2.45) is 19.2 Å². The fraction of sp³-hybridized carbons (Fsp3) is 0.150. The van der Waals surface area contributed by atoms with Crippen LogP contribution in [0.1, 0.15) is 11.1 Å². The minimum atomic E-state index is -0.458. The number of fused-ring (bicyclic) bond motifs is 1. The molecule has 10 heteroatoms. The van der Waals surface area contributed by atoms with Crippen molar-refractivity contribution in [1.29, 1.82) is 0 Å². The highest BCUT2D eigenvalue weighted by Crippen LogP contribution is 2.22. The summed E-state index contributed by atoms with van der Waals surface area (Å²) in [4.78, 5) is 33.7. The third-order valence-corrected chi connectivity index (χ3v) is 5.07. The smallest absolute Gasteiger partial charge is 0.298 e. The molecule has 0 radical (unpaired) electrons. The number of nitrogens with one attached hydrogen (secondary N) is 1. The van der Waals surface area contributed by atoms with E-state index in [9.17, 15) is 9.59 Å². The largest absolute Gasteiger partial charge is 0.332 e. The first kappa shape index (κ1) is 19.6. The average molecular weight is 424 g/mol. The Morgan fingerprint density at radius 2 is 1.93 bits per heavy atom. The Hall–Kier alpha value is -3.72. The van der Waals surface area contributed by atoms with E-state index in [1.54, 1.807) is 42.4 Å². The van der Waals surface area contributed by atoms with Crippen LogP contribution in [0.4, 0.5) is 5.95 Å². The van der Waals surface area contributed by atoms with E-state index in [4.69, 9.17) is 11.6 Å². The molecule has 0 aliphatic carbocycles. The number of aryl methyl sites for hydroxylation is 1. The second-order valence-corrected chi connectivity index (χ2v) is 7.05. The summed E-state index contributed by atoms with van der Waals surface area (Å²) in [5.41, 5.74) is 4.09. The summed E-state index contributed by atoms with van der Waals surface area (Å²) in [5, 5.41) is 4.77. The molecular weight excluding hydrogens is 406 g/mol. The van der Waals surface area contributed by atoms with E-state index in [0.717, 1.165) is 15.7 Å². The maximum atomic E-state index is 12.9. The number of aromatic nitrogens is 5. The van der Waals surface area contributed by atoms with Gasteiger partial charge in [0.1, 0.15) is 0 Å². The van der Waals surface area contributed by atoms with Gasteiger partial charge in [-0.05, 0) is 17.7 Å². The van der Waals surface area contributed by atoms with Crippen LogP contribution in [0.3, 0.4) is 0 Å². The van der Waals surface area contributed by atoms with Crippen LogP contribution >= 0.6 is 11.6 Å². The molecule has 3 aromatic heterocycles. The molecule has 4 aromatic rings. The van der Waals surface area contributed by atoms with Crippen molar-refractivity contribution in [2.75, 3.05) is 5.43 Å². The van der Waals surface area contributed by atoms with Gasteiger partial charge in [-0.1, -0.05) is 35.9 Å². The molecule has 0 saturated heterocycles. The van der Waals surface area contributed by atoms with Crippen LogP contribution in [-0.4, -0.2) is 29.9 Å². The second-order valence-electron chi connectivity index (χ2n) is 6.65. The molecule has 0 aliphatic rings. The van der Waals surface area contributed by atoms with Gasteiger partial charge in [-0.2, -0.15) is 10.1 Å². The quantitative estimate of drug-likeness (QED) is 0.391. The lowest BCUT2D eigenvalue weighted by Crippen LogP contribution is -2.37. The molecule has 0 saturated carbocycles. The van der Waals surface area contributed by atoms with Gasteiger partial charge in [0.2, 0.25) is 5.95 Å². The highest BCUT2D eigenvalue weighted by Gasteiger charge is 2.19. The Labute approximate surface area is 175 Å². The van der Waals surface area contributed by atoms with Gasteiger partial charge < -0.3 is 0 Å². The molecule has 0 spiro atoms. The van der Waals surface area contributed by atoms with Gasteiger partial charge in [-0.15, -0.1) is 0 Å². The Bertz CT molecular complexity index is 1370. The highest BCUT2D eigenvalue weighted by molar-refractivity contribution is 6.31. The predicted octanol–water partition coefficient (Wildman–Crippen LogP) is 1.98. The van der Waals surface area contributed by atoms with E-state index in [1.165, 1.54) is 11.6 Å². The van der Waals surface area contributed by atoms with Crippen molar-refractivity contribution in [2.45, 2.75) is 6.54 Å². The van der Waals surface area contributed by atoms with Gasteiger partial charge in [0.05, 0.1) is 12.8 Å². The zero-order valence-electron chi connectivity index (χ0n) is 16.3. The summed E-state index contributed by atoms with van der Waals surface area (Å²) in [6, 6.07) is 11.0. The molecule has 0 unspecified atom stereocenters. The third-order valence-electron chi connectivity index (χ3n) is 4.70. The SMILES string of the molecule is Cn1c(=O)c2c(nc(NN=Cc3cccnc3)n2Cc2ccccc2Cl)n(C)c1=O. The first-order valence-electron chi connectivity index (χ1n) is 9.06. The van der Waals surface area contributed by atoms with Gasteiger partial charge in [0.15, 0.2) is 11.2 Å². The van der Waals surface area contributed by atoms with Crippen LogP contribution in [0.5, 0.6) is 0 Å². The number of anilines is 1. The minimum absolute atomic E-state index is 0.259. The number of benzene rings is 1. The van der Waals surface area contributed by atoms with Crippen molar-refractivity contribution in [1.82, 2.24) is 23.7 Å². The number of nitrogens with zero attached hydrogens (tertiary/aromatic N) is 6. The average Bonchev–Trinajstić information content (AvgIpc) is 3.11. The van der Waals surface area contributed by atoms with Crippen molar-refractivity contribution < 1.29 is 0 Å². The fourth-order valence-corrected chi connectivity index (χ4v) is 3.30. The van der Waals surface area contributed by atoms with E-state index in [1.807, 2.05) is 24.3 Å². The van der Waals surface area contributed by atoms with Gasteiger partial charge in [0, 0.05) is 37.1 Å². The Kier molecular flexibility index (Phi) is 5.20. The number of hydrazone groups is 1. The van der Waals surface area contributed by atoms with Crippen molar-refractivity contribution in [3.05, 3.63) is 85.8 Å². The van der Waals surface area contributed by atoms with E-state index in [-0.39, 0.29) is 17.7 Å². The van der Waals surface area contributed by atoms with Gasteiger partial charge >= 0.3 is 5.69 Å². The molecule has 0 atom stereocenters. The van der Waals surface area contributed by atoms with Crippen LogP contribution in [0.15, 0.2) is 63.5 Å². The van der Waals surface area contributed by atoms with E-state index >= 15 is 0 Å². The van der Waals surface area contributed by atoms with Crippen molar-refractivity contribution >= 4 is 34.9 Å². The van der Waals surface area contributed by atoms with Crippen LogP contribution in [-0.2, 0) is 20.6 Å². The monoisotopic (exact) mass is 423 g/mol. The Morgan fingerprint density at radius 3 is 2.67 bits per heavy atom. The predicted molar refractivity (Wildman–Crippen MR) is 116 cm³/mol. The fourth-order valence-electron chi connectivity index (χ4n) is 3.10. The van der Waals surface area contributed by atoms with Crippen molar-refractivity contribution in [3.63, 3.8) is 0 Å². The summed E-state index contributed by atoms with van der Waals surface area (Å²) in [7, 11) is 3.00. The first-order chi connectivity index (χ1) is 14.5. The van der Waals surface area contributed by atoms with E-state index in [0.29, 0.717) is 11.0 Å². The third kappa shape index (κ3) is 3.50. The first-order valence-corrected chi connectivity index (χ1v) is 9.44. The molecule has 4 rings (SSSR count). The van der Waals surface area contributed by atoms with Crippen LogP contribution < -0.4 is 16.7 Å². The number of hydrogen-bond acceptors (Lipinski definition) is 6. The summed E-state index contributed by atoms with van der Waals surface area (Å²) in [6.45, 7) is 0.272. The zero-order chi connectivity index (χ0) is 21.3. The van der Waals surface area contributed by atoms with E-state index < -0.39 is 11.2 Å². The molecule has 0 fully saturated rings. The standard InChI is InChI=1S/C20H18ClN7O2/c1-26-17-16(18(29)27(2)20(26)30)28(12-14-7-3-4-8-15(14)21)19(24-17)25-23-11-13-6-5-9-22-10-13/h3-11H,12H2,1-2H3,(H,24,25). The van der Waals surface area contributed by atoms with Gasteiger partial charge in [-0.3, -0.25) is 23.5 Å². The highest BCUT2D eigenvalue weighted by atomic mass is 35.5. The van der Waals surface area contributed by atoms with Crippen molar-refractivity contribution in [3.8, 4) is 0 Å². The van der Waals surface area contributed by atoms with Gasteiger partial charge in [0.25, 0.3) is 5.56 Å². The Morgan fingerprint density at radius 1 is 1.13 bits per heavy atom. The molecule has 0 amide bonds. The minimum Gasteiger partial charge on any atom is -0.298 e. The zero-order valence-corrected chi connectivity index (χ0v) is 17.0. The number of halogens is 1. The molecule has 3 heterocycles. The maximum Gasteiger partial charge on any atom is 0.332 e. The Balaban J connectivity index is 1.86. The molecule has 0 aliphatic heterocycles. The lowest BCUT2D eigenvalue weighted by atomic mass is 10.2. The van der Waals surface area contributed by atoms with Gasteiger partial charge in [-0.25, -0.2) is 10.2 Å². The van der Waals surface area contributed by atoms with E-state index in [2.05, 4.69) is 20.5 Å². The molecule has 30 heavy (non-hydrogen) atoms. The molecule has 152 valence electrons. The number of hydrogen-bond donors (Lipinski definition) is 1.